The van der Waals surface area contributed by atoms with E-state index in [1.54, 1.807) is 0 Å². The van der Waals surface area contributed by atoms with Gasteiger partial charge >= 0.3 is 0 Å². The van der Waals surface area contributed by atoms with Gasteiger partial charge < -0.3 is 10.2 Å². The zero-order valence-corrected chi connectivity index (χ0v) is 14.6. The Morgan fingerprint density at radius 3 is 2.52 bits per heavy atom. The van der Waals surface area contributed by atoms with Gasteiger partial charge in [0.2, 0.25) is 11.8 Å². The summed E-state index contributed by atoms with van der Waals surface area (Å²) in [7, 11) is 0. The lowest BCUT2D eigenvalue weighted by Gasteiger charge is -2.34. The van der Waals surface area contributed by atoms with E-state index in [1.807, 2.05) is 18.0 Å². The zero-order chi connectivity index (χ0) is 17.0. The first-order valence-electron chi connectivity index (χ1n) is 8.44. The lowest BCUT2D eigenvalue weighted by Crippen LogP contribution is -2.50. The smallest absolute Gasteiger partial charge is 0.245 e. The summed E-state index contributed by atoms with van der Waals surface area (Å²) in [4.78, 5) is 26.0. The number of carbonyl (C=O) groups excluding carboxylic acids is 2. The first-order chi connectivity index (χ1) is 10.9. The molecule has 0 spiro atoms. The van der Waals surface area contributed by atoms with E-state index in [0.29, 0.717) is 18.3 Å². The topological polar surface area (TPSA) is 78.1 Å². The Balaban J connectivity index is 1.95. The lowest BCUT2D eigenvalue weighted by atomic mass is 9.89. The molecule has 23 heavy (non-hydrogen) atoms. The van der Waals surface area contributed by atoms with E-state index >= 15 is 0 Å². The standard InChI is InChI=1S/C17H28N4O2/c1-11(2)9-16(19-13(4)22)17(23)21-7-5-14(6-8-21)15-10-18-20-12(15)3/h10-11,14,16H,5-9H2,1-4H3,(H,18,20)(H,19,22)/t16-/m0/s1. The lowest BCUT2D eigenvalue weighted by molar-refractivity contribution is -0.137. The first-order valence-corrected chi connectivity index (χ1v) is 8.44. The number of hydrogen-bond acceptors (Lipinski definition) is 3. The summed E-state index contributed by atoms with van der Waals surface area (Å²) in [6.07, 6.45) is 4.47. The average Bonchev–Trinajstić information content (AvgIpc) is 2.91. The van der Waals surface area contributed by atoms with Crippen LogP contribution in [0.25, 0.3) is 0 Å². The van der Waals surface area contributed by atoms with Crippen molar-refractivity contribution in [3.63, 3.8) is 0 Å². The number of rotatable bonds is 5. The Hall–Kier alpha value is -1.85. The number of H-pyrrole nitrogens is 1. The van der Waals surface area contributed by atoms with Crippen LogP contribution in [0, 0.1) is 12.8 Å². The molecule has 1 aliphatic heterocycles. The number of likely N-dealkylation sites (tertiary alicyclic amines) is 1. The fourth-order valence-electron chi connectivity index (χ4n) is 3.34. The molecule has 1 aromatic rings. The predicted molar refractivity (Wildman–Crippen MR) is 88.9 cm³/mol. The molecule has 128 valence electrons. The van der Waals surface area contributed by atoms with Gasteiger partial charge in [0, 0.05) is 25.7 Å². The van der Waals surface area contributed by atoms with E-state index < -0.39 is 6.04 Å². The molecule has 1 fully saturated rings. The highest BCUT2D eigenvalue weighted by Gasteiger charge is 2.30. The third kappa shape index (κ3) is 4.56. The van der Waals surface area contributed by atoms with Crippen LogP contribution < -0.4 is 5.32 Å². The molecule has 2 amide bonds. The first kappa shape index (κ1) is 17.5. The second-order valence-corrected chi connectivity index (χ2v) is 6.93. The van der Waals surface area contributed by atoms with Gasteiger partial charge in [-0.2, -0.15) is 5.10 Å². The second kappa shape index (κ2) is 7.62. The molecule has 0 radical (unpaired) electrons. The number of aromatic amines is 1. The Bertz CT molecular complexity index is 545. The van der Waals surface area contributed by atoms with E-state index in [-0.39, 0.29) is 11.8 Å². The number of hydrogen-bond donors (Lipinski definition) is 2. The molecule has 1 atom stereocenters. The maximum absolute atomic E-state index is 12.7. The maximum atomic E-state index is 12.7. The SMILES string of the molecule is CC(=O)N[C@@H](CC(C)C)C(=O)N1CCC(c2cn[nH]c2C)CC1. The van der Waals surface area contributed by atoms with Gasteiger partial charge in [-0.1, -0.05) is 13.8 Å². The van der Waals surface area contributed by atoms with E-state index in [2.05, 4.69) is 29.4 Å². The van der Waals surface area contributed by atoms with Crippen molar-refractivity contribution in [2.24, 2.45) is 5.92 Å². The number of aryl methyl sites for hydroxylation is 1. The van der Waals surface area contributed by atoms with Crippen molar-refractivity contribution < 1.29 is 9.59 Å². The summed E-state index contributed by atoms with van der Waals surface area (Å²) < 4.78 is 0. The summed E-state index contributed by atoms with van der Waals surface area (Å²) in [5.74, 6) is 0.730. The van der Waals surface area contributed by atoms with E-state index in [9.17, 15) is 9.59 Å². The van der Waals surface area contributed by atoms with Gasteiger partial charge in [0.1, 0.15) is 6.04 Å². The maximum Gasteiger partial charge on any atom is 0.245 e. The molecule has 2 heterocycles. The number of piperidine rings is 1. The quantitative estimate of drug-likeness (QED) is 0.871. The van der Waals surface area contributed by atoms with Gasteiger partial charge in [-0.15, -0.1) is 0 Å². The van der Waals surface area contributed by atoms with Crippen LogP contribution in [-0.2, 0) is 9.59 Å². The number of aromatic nitrogens is 2. The van der Waals surface area contributed by atoms with Gasteiger partial charge in [-0.3, -0.25) is 14.7 Å². The molecule has 1 aromatic heterocycles. The molecule has 1 saturated heterocycles. The number of carbonyl (C=O) groups is 2. The molecular formula is C17H28N4O2. The van der Waals surface area contributed by atoms with Crippen molar-refractivity contribution >= 4 is 11.8 Å². The van der Waals surface area contributed by atoms with Crippen LogP contribution in [0.3, 0.4) is 0 Å². The third-order valence-electron chi connectivity index (χ3n) is 4.50. The molecule has 2 N–H and O–H groups in total. The monoisotopic (exact) mass is 320 g/mol. The number of nitrogens with zero attached hydrogens (tertiary/aromatic N) is 2. The fourth-order valence-corrected chi connectivity index (χ4v) is 3.34. The van der Waals surface area contributed by atoms with Gasteiger partial charge in [-0.25, -0.2) is 0 Å². The van der Waals surface area contributed by atoms with Gasteiger partial charge in [0.05, 0.1) is 6.20 Å². The molecule has 0 aliphatic carbocycles. The van der Waals surface area contributed by atoms with Crippen molar-refractivity contribution in [3.8, 4) is 0 Å². The third-order valence-corrected chi connectivity index (χ3v) is 4.50. The van der Waals surface area contributed by atoms with E-state index in [0.717, 1.165) is 31.6 Å². The largest absolute Gasteiger partial charge is 0.345 e. The van der Waals surface area contributed by atoms with Crippen molar-refractivity contribution in [2.45, 2.75) is 58.9 Å². The van der Waals surface area contributed by atoms with Crippen LogP contribution in [0.2, 0.25) is 0 Å². The highest BCUT2D eigenvalue weighted by Crippen LogP contribution is 2.29. The van der Waals surface area contributed by atoms with Gasteiger partial charge in [0.15, 0.2) is 0 Å². The van der Waals surface area contributed by atoms with Crippen LogP contribution in [0.1, 0.15) is 57.2 Å². The summed E-state index contributed by atoms with van der Waals surface area (Å²) in [6.45, 7) is 9.11. The van der Waals surface area contributed by atoms with E-state index in [1.165, 1.54) is 12.5 Å². The highest BCUT2D eigenvalue weighted by molar-refractivity contribution is 5.87. The molecule has 0 aromatic carbocycles. The summed E-state index contributed by atoms with van der Waals surface area (Å²) in [5, 5.41) is 9.89. The zero-order valence-electron chi connectivity index (χ0n) is 14.6. The van der Waals surface area contributed by atoms with Crippen LogP contribution in [-0.4, -0.2) is 46.0 Å². The average molecular weight is 320 g/mol. The number of amides is 2. The molecule has 1 aliphatic rings. The van der Waals surface area contributed by atoms with E-state index in [4.69, 9.17) is 0 Å². The Morgan fingerprint density at radius 1 is 1.39 bits per heavy atom. The Kier molecular flexibility index (Phi) is 5.80. The minimum Gasteiger partial charge on any atom is -0.345 e. The fraction of sp³-hybridized carbons (Fsp3) is 0.706. The highest BCUT2D eigenvalue weighted by atomic mass is 16.2. The number of nitrogens with one attached hydrogen (secondary N) is 2. The molecule has 0 bridgehead atoms. The predicted octanol–water partition coefficient (Wildman–Crippen LogP) is 1.97. The minimum absolute atomic E-state index is 0.0521. The van der Waals surface area contributed by atoms with Crippen LogP contribution >= 0.6 is 0 Å². The molecule has 0 saturated carbocycles. The molecule has 0 unspecified atom stereocenters. The van der Waals surface area contributed by atoms with Crippen LogP contribution in [0.4, 0.5) is 0 Å². The van der Waals surface area contributed by atoms with Crippen molar-refractivity contribution in [1.82, 2.24) is 20.4 Å². The van der Waals surface area contributed by atoms with Crippen LogP contribution in [0.15, 0.2) is 6.20 Å². The van der Waals surface area contributed by atoms with Crippen molar-refractivity contribution in [3.05, 3.63) is 17.5 Å². The molecule has 6 nitrogen and oxygen atoms in total. The van der Waals surface area contributed by atoms with Gasteiger partial charge in [-0.05, 0) is 43.6 Å². The minimum atomic E-state index is -0.403. The summed E-state index contributed by atoms with van der Waals surface area (Å²) >= 11 is 0. The summed E-state index contributed by atoms with van der Waals surface area (Å²) in [6, 6.07) is -0.403. The van der Waals surface area contributed by atoms with Crippen LogP contribution in [0.5, 0.6) is 0 Å². The van der Waals surface area contributed by atoms with Gasteiger partial charge in [0.25, 0.3) is 0 Å². The summed E-state index contributed by atoms with van der Waals surface area (Å²) in [5.41, 5.74) is 2.38. The Morgan fingerprint density at radius 2 is 2.04 bits per heavy atom. The normalized spacial score (nSPS) is 17.3. The molecule has 6 heteroatoms. The molecular weight excluding hydrogens is 292 g/mol. The molecule has 2 rings (SSSR count). The second-order valence-electron chi connectivity index (χ2n) is 6.93. The van der Waals surface area contributed by atoms with Crippen molar-refractivity contribution in [2.75, 3.05) is 13.1 Å². The Labute approximate surface area is 138 Å². The van der Waals surface area contributed by atoms with Crippen molar-refractivity contribution in [1.29, 1.82) is 0 Å².